The molecule has 0 radical (unpaired) electrons. The van der Waals surface area contributed by atoms with E-state index in [1.807, 2.05) is 31.2 Å². The number of pyridine rings is 1. The topological polar surface area (TPSA) is 37.6 Å². The van der Waals surface area contributed by atoms with Crippen LogP contribution in [0.25, 0.3) is 5.65 Å². The Bertz CT molecular complexity index is 932. The second kappa shape index (κ2) is 5.74. The highest BCUT2D eigenvalue weighted by Crippen LogP contribution is 2.21. The molecule has 1 aliphatic rings. The molecule has 3 heterocycles. The molecule has 5 heteroatoms. The van der Waals surface area contributed by atoms with Crippen LogP contribution in [0.1, 0.15) is 33.6 Å². The van der Waals surface area contributed by atoms with Crippen LogP contribution in [0, 0.1) is 12.9 Å². The molecule has 0 saturated heterocycles. The molecule has 1 amide bonds. The van der Waals surface area contributed by atoms with Gasteiger partial charge in [0.1, 0.15) is 5.65 Å². The van der Waals surface area contributed by atoms with Gasteiger partial charge >= 0.3 is 0 Å². The lowest BCUT2D eigenvalue weighted by molar-refractivity contribution is 0.0735. The van der Waals surface area contributed by atoms with Crippen LogP contribution in [0.4, 0.5) is 4.39 Å². The van der Waals surface area contributed by atoms with Gasteiger partial charge in [0.05, 0.1) is 0 Å². The Morgan fingerprint density at radius 3 is 2.79 bits per heavy atom. The van der Waals surface area contributed by atoms with Crippen LogP contribution in [0.3, 0.4) is 0 Å². The minimum Gasteiger partial charge on any atom is -0.333 e. The van der Waals surface area contributed by atoms with E-state index in [9.17, 15) is 9.18 Å². The van der Waals surface area contributed by atoms with Crippen molar-refractivity contribution in [2.45, 2.75) is 26.3 Å². The standard InChI is InChI=1S/C19H18FN3O/c1-13-8-9-16-21-17(18(20)23(16)11-13)19(24)22-10-4-7-14-5-2-3-6-15(14)12-22/h2-3,5-6,8-9,11H,4,7,10,12H2,1H3. The molecule has 0 atom stereocenters. The van der Waals surface area contributed by atoms with E-state index < -0.39 is 5.95 Å². The molecule has 0 bridgehead atoms. The Morgan fingerprint density at radius 2 is 1.96 bits per heavy atom. The highest BCUT2D eigenvalue weighted by molar-refractivity contribution is 5.93. The second-order valence-corrected chi connectivity index (χ2v) is 6.28. The van der Waals surface area contributed by atoms with E-state index in [0.717, 1.165) is 24.0 Å². The number of carbonyl (C=O) groups excluding carboxylic acids is 1. The zero-order chi connectivity index (χ0) is 16.7. The van der Waals surface area contributed by atoms with Crippen LogP contribution in [-0.4, -0.2) is 26.7 Å². The Hall–Kier alpha value is -2.69. The smallest absolute Gasteiger partial charge is 0.277 e. The lowest BCUT2D eigenvalue weighted by atomic mass is 10.0. The number of carbonyl (C=O) groups is 1. The number of imidazole rings is 1. The van der Waals surface area contributed by atoms with Gasteiger partial charge in [-0.15, -0.1) is 0 Å². The number of aryl methyl sites for hydroxylation is 2. The Labute approximate surface area is 139 Å². The summed E-state index contributed by atoms with van der Waals surface area (Å²) in [7, 11) is 0. The highest BCUT2D eigenvalue weighted by Gasteiger charge is 2.26. The van der Waals surface area contributed by atoms with E-state index in [-0.39, 0.29) is 11.6 Å². The molecule has 4 nitrogen and oxygen atoms in total. The van der Waals surface area contributed by atoms with Gasteiger partial charge in [-0.25, -0.2) is 4.98 Å². The van der Waals surface area contributed by atoms with E-state index in [1.165, 1.54) is 9.96 Å². The highest BCUT2D eigenvalue weighted by atomic mass is 19.1. The van der Waals surface area contributed by atoms with Crippen LogP contribution in [-0.2, 0) is 13.0 Å². The van der Waals surface area contributed by atoms with Crippen LogP contribution in [0.15, 0.2) is 42.6 Å². The van der Waals surface area contributed by atoms with Gasteiger partial charge in [0.15, 0.2) is 5.69 Å². The number of hydrogen-bond donors (Lipinski definition) is 0. The van der Waals surface area contributed by atoms with Crippen molar-refractivity contribution in [3.8, 4) is 0 Å². The molecule has 0 unspecified atom stereocenters. The maximum Gasteiger partial charge on any atom is 0.277 e. The number of amides is 1. The first-order valence-corrected chi connectivity index (χ1v) is 8.14. The second-order valence-electron chi connectivity index (χ2n) is 6.28. The quantitative estimate of drug-likeness (QED) is 0.688. The maximum absolute atomic E-state index is 14.7. The normalized spacial score (nSPS) is 14.5. The summed E-state index contributed by atoms with van der Waals surface area (Å²) in [6, 6.07) is 11.7. The summed E-state index contributed by atoms with van der Waals surface area (Å²) < 4.78 is 16.0. The van der Waals surface area contributed by atoms with Gasteiger partial charge < -0.3 is 4.90 Å². The number of rotatable bonds is 1. The third-order valence-corrected chi connectivity index (χ3v) is 4.55. The number of hydrogen-bond acceptors (Lipinski definition) is 2. The van der Waals surface area contributed by atoms with Crippen molar-refractivity contribution in [1.82, 2.24) is 14.3 Å². The minimum atomic E-state index is -0.587. The van der Waals surface area contributed by atoms with E-state index in [0.29, 0.717) is 18.7 Å². The first-order chi connectivity index (χ1) is 11.6. The number of halogens is 1. The maximum atomic E-state index is 14.7. The third kappa shape index (κ3) is 2.46. The Morgan fingerprint density at radius 1 is 1.17 bits per heavy atom. The van der Waals surface area contributed by atoms with Crippen LogP contribution in [0.5, 0.6) is 0 Å². The minimum absolute atomic E-state index is 0.0972. The third-order valence-electron chi connectivity index (χ3n) is 4.55. The summed E-state index contributed by atoms with van der Waals surface area (Å²) in [5.74, 6) is -0.929. The Kier molecular flexibility index (Phi) is 3.56. The number of benzene rings is 1. The van der Waals surface area contributed by atoms with E-state index in [2.05, 4.69) is 11.1 Å². The van der Waals surface area contributed by atoms with Gasteiger partial charge in [-0.3, -0.25) is 9.20 Å². The Balaban J connectivity index is 1.70. The number of nitrogens with zero attached hydrogens (tertiary/aromatic N) is 3. The van der Waals surface area contributed by atoms with Gasteiger partial charge in [-0.2, -0.15) is 4.39 Å². The largest absolute Gasteiger partial charge is 0.333 e. The zero-order valence-electron chi connectivity index (χ0n) is 13.5. The van der Waals surface area contributed by atoms with Crippen molar-refractivity contribution in [2.24, 2.45) is 0 Å². The lowest BCUT2D eigenvalue weighted by Gasteiger charge is -2.19. The molecule has 0 N–H and O–H groups in total. The fraction of sp³-hybridized carbons (Fsp3) is 0.263. The van der Waals surface area contributed by atoms with E-state index >= 15 is 0 Å². The SMILES string of the molecule is Cc1ccc2nc(C(=O)N3CCCc4ccccc4C3)c(F)n2c1. The van der Waals surface area contributed by atoms with Crippen LogP contribution in [0.2, 0.25) is 0 Å². The molecule has 24 heavy (non-hydrogen) atoms. The zero-order valence-corrected chi connectivity index (χ0v) is 13.5. The molecule has 2 aromatic heterocycles. The predicted molar refractivity (Wildman–Crippen MR) is 89.4 cm³/mol. The molecule has 0 spiro atoms. The average Bonchev–Trinajstić information content (AvgIpc) is 2.78. The van der Waals surface area contributed by atoms with Gasteiger partial charge in [0.2, 0.25) is 5.95 Å². The van der Waals surface area contributed by atoms with Crippen LogP contribution >= 0.6 is 0 Å². The summed E-state index contributed by atoms with van der Waals surface area (Å²) in [5.41, 5.74) is 3.67. The summed E-state index contributed by atoms with van der Waals surface area (Å²) in [6.45, 7) is 2.99. The molecule has 0 fully saturated rings. The average molecular weight is 323 g/mol. The van der Waals surface area contributed by atoms with Crippen molar-refractivity contribution in [3.63, 3.8) is 0 Å². The molecule has 0 aliphatic carbocycles. The van der Waals surface area contributed by atoms with Crippen molar-refractivity contribution in [1.29, 1.82) is 0 Å². The fourth-order valence-electron chi connectivity index (χ4n) is 3.28. The van der Waals surface area contributed by atoms with Crippen molar-refractivity contribution < 1.29 is 9.18 Å². The van der Waals surface area contributed by atoms with Gasteiger partial charge in [0, 0.05) is 19.3 Å². The molecule has 122 valence electrons. The molecule has 0 saturated carbocycles. The van der Waals surface area contributed by atoms with Gasteiger partial charge in [0.25, 0.3) is 5.91 Å². The molecule has 3 aromatic rings. The summed E-state index contributed by atoms with van der Waals surface area (Å²) in [4.78, 5) is 18.8. The van der Waals surface area contributed by atoms with Gasteiger partial charge in [-0.1, -0.05) is 30.3 Å². The summed E-state index contributed by atoms with van der Waals surface area (Å²) in [5, 5.41) is 0. The van der Waals surface area contributed by atoms with Crippen LogP contribution < -0.4 is 0 Å². The molecular formula is C19H18FN3O. The van der Waals surface area contributed by atoms with Crippen molar-refractivity contribution in [2.75, 3.05) is 6.54 Å². The van der Waals surface area contributed by atoms with Crippen molar-refractivity contribution >= 4 is 11.6 Å². The lowest BCUT2D eigenvalue weighted by Crippen LogP contribution is -2.31. The van der Waals surface area contributed by atoms with E-state index in [4.69, 9.17) is 0 Å². The monoisotopic (exact) mass is 323 g/mol. The summed E-state index contributed by atoms with van der Waals surface area (Å²) >= 11 is 0. The number of aromatic nitrogens is 2. The first-order valence-electron chi connectivity index (χ1n) is 8.14. The first kappa shape index (κ1) is 14.9. The predicted octanol–water partition coefficient (Wildman–Crippen LogP) is 3.37. The van der Waals surface area contributed by atoms with Crippen molar-refractivity contribution in [3.05, 3.63) is 70.9 Å². The molecule has 1 aliphatic heterocycles. The fourth-order valence-corrected chi connectivity index (χ4v) is 3.28. The van der Waals surface area contributed by atoms with Gasteiger partial charge in [-0.05, 0) is 42.5 Å². The van der Waals surface area contributed by atoms with E-state index in [1.54, 1.807) is 17.2 Å². The summed E-state index contributed by atoms with van der Waals surface area (Å²) in [6.07, 6.45) is 3.47. The molecule has 4 rings (SSSR count). The number of fused-ring (bicyclic) bond motifs is 2. The molecular weight excluding hydrogens is 305 g/mol. The molecule has 1 aromatic carbocycles.